The van der Waals surface area contributed by atoms with Gasteiger partial charge in [-0.15, -0.1) is 0 Å². The molecule has 280 valence electrons. The molecule has 2 unspecified atom stereocenters. The third-order valence-electron chi connectivity index (χ3n) is 10.1. The van der Waals surface area contributed by atoms with Crippen molar-refractivity contribution >= 4 is 5.91 Å². The molecular formula is C43H85NO3. The molecule has 47 heavy (non-hydrogen) atoms. The van der Waals surface area contributed by atoms with E-state index in [9.17, 15) is 15.0 Å². The second-order valence-electron chi connectivity index (χ2n) is 14.8. The standard InChI is InChI=1S/C43H85NO3/c1-3-5-7-9-11-13-15-17-18-19-20-21-22-23-24-26-28-30-32-34-36-38-43(47)44-39-41(40-45)42(46)37-35-33-31-29-27-25-16-14-12-10-8-6-4-2/h35,37,41-42,45-46H,3-34,36,38-40H2,1-2H3,(H,44,47)/b37-35+. The number of unbranched alkanes of at least 4 members (excludes halogenated alkanes) is 31. The van der Waals surface area contributed by atoms with Gasteiger partial charge in [0.2, 0.25) is 5.91 Å². The van der Waals surface area contributed by atoms with E-state index in [1.807, 2.05) is 12.2 Å². The number of nitrogens with one attached hydrogen (secondary N) is 1. The van der Waals surface area contributed by atoms with Gasteiger partial charge < -0.3 is 15.5 Å². The molecule has 4 nitrogen and oxygen atoms in total. The minimum atomic E-state index is -0.711. The Balaban J connectivity index is 3.50. The van der Waals surface area contributed by atoms with Gasteiger partial charge in [0, 0.05) is 18.9 Å². The van der Waals surface area contributed by atoms with Gasteiger partial charge in [-0.1, -0.05) is 219 Å². The van der Waals surface area contributed by atoms with Crippen molar-refractivity contribution in [3.63, 3.8) is 0 Å². The van der Waals surface area contributed by atoms with Gasteiger partial charge in [0.1, 0.15) is 0 Å². The van der Waals surface area contributed by atoms with Crippen LogP contribution in [0, 0.1) is 5.92 Å². The molecule has 0 aliphatic heterocycles. The summed E-state index contributed by atoms with van der Waals surface area (Å²) in [6, 6.07) is 0. The second-order valence-corrected chi connectivity index (χ2v) is 14.8. The Morgan fingerprint density at radius 1 is 0.511 bits per heavy atom. The largest absolute Gasteiger partial charge is 0.396 e. The molecule has 3 N–H and O–H groups in total. The van der Waals surface area contributed by atoms with Gasteiger partial charge >= 0.3 is 0 Å². The average molecular weight is 664 g/mol. The second kappa shape index (κ2) is 39.6. The summed E-state index contributed by atoms with van der Waals surface area (Å²) >= 11 is 0. The van der Waals surface area contributed by atoms with Gasteiger partial charge in [-0.25, -0.2) is 0 Å². The Hall–Kier alpha value is -0.870. The van der Waals surface area contributed by atoms with Crippen LogP contribution in [0.4, 0.5) is 0 Å². The van der Waals surface area contributed by atoms with E-state index in [1.54, 1.807) is 0 Å². The summed E-state index contributed by atoms with van der Waals surface area (Å²) in [5, 5.41) is 23.1. The summed E-state index contributed by atoms with van der Waals surface area (Å²) in [4.78, 5) is 12.3. The molecule has 2 atom stereocenters. The van der Waals surface area contributed by atoms with Crippen molar-refractivity contribution in [3.8, 4) is 0 Å². The molecule has 0 aromatic heterocycles. The minimum Gasteiger partial charge on any atom is -0.396 e. The molecule has 0 spiro atoms. The van der Waals surface area contributed by atoms with Crippen LogP contribution in [0.15, 0.2) is 12.2 Å². The van der Waals surface area contributed by atoms with Crippen LogP contribution in [0.2, 0.25) is 0 Å². The number of hydrogen-bond acceptors (Lipinski definition) is 3. The number of carbonyl (C=O) groups is 1. The van der Waals surface area contributed by atoms with Crippen LogP contribution in [0.1, 0.15) is 232 Å². The Bertz CT molecular complexity index is 637. The van der Waals surface area contributed by atoms with Gasteiger partial charge in [-0.3, -0.25) is 4.79 Å². The van der Waals surface area contributed by atoms with Crippen LogP contribution in [0.25, 0.3) is 0 Å². The molecule has 0 bridgehead atoms. The zero-order chi connectivity index (χ0) is 34.3. The number of hydrogen-bond donors (Lipinski definition) is 3. The molecule has 0 aromatic rings. The predicted molar refractivity (Wildman–Crippen MR) is 207 cm³/mol. The molecule has 0 rings (SSSR count). The van der Waals surface area contributed by atoms with Crippen LogP contribution in [-0.4, -0.2) is 35.4 Å². The number of rotatable bonds is 39. The zero-order valence-electron chi connectivity index (χ0n) is 32.1. The first kappa shape index (κ1) is 46.1. The Morgan fingerprint density at radius 3 is 1.17 bits per heavy atom. The Labute approximate surface area is 295 Å². The van der Waals surface area contributed by atoms with E-state index in [0.717, 1.165) is 25.7 Å². The fraction of sp³-hybridized carbons (Fsp3) is 0.930. The fourth-order valence-electron chi connectivity index (χ4n) is 6.66. The highest BCUT2D eigenvalue weighted by molar-refractivity contribution is 5.75. The van der Waals surface area contributed by atoms with Crippen molar-refractivity contribution in [2.45, 2.75) is 238 Å². The van der Waals surface area contributed by atoms with E-state index in [1.165, 1.54) is 186 Å². The lowest BCUT2D eigenvalue weighted by atomic mass is 10.0. The molecule has 0 radical (unpaired) electrons. The summed E-state index contributed by atoms with van der Waals surface area (Å²) in [5.74, 6) is -0.300. The van der Waals surface area contributed by atoms with E-state index in [-0.39, 0.29) is 18.4 Å². The maximum Gasteiger partial charge on any atom is 0.220 e. The van der Waals surface area contributed by atoms with Crippen molar-refractivity contribution in [1.82, 2.24) is 5.32 Å². The van der Waals surface area contributed by atoms with Crippen LogP contribution >= 0.6 is 0 Å². The van der Waals surface area contributed by atoms with Crippen molar-refractivity contribution in [3.05, 3.63) is 12.2 Å². The fourth-order valence-corrected chi connectivity index (χ4v) is 6.66. The van der Waals surface area contributed by atoms with Crippen LogP contribution in [0.5, 0.6) is 0 Å². The van der Waals surface area contributed by atoms with E-state index in [4.69, 9.17) is 0 Å². The highest BCUT2D eigenvalue weighted by Crippen LogP contribution is 2.16. The topological polar surface area (TPSA) is 69.6 Å². The summed E-state index contributed by atoms with van der Waals surface area (Å²) in [5.41, 5.74) is 0. The summed E-state index contributed by atoms with van der Waals surface area (Å²) < 4.78 is 0. The van der Waals surface area contributed by atoms with Crippen molar-refractivity contribution < 1.29 is 15.0 Å². The highest BCUT2D eigenvalue weighted by Gasteiger charge is 2.16. The summed E-state index contributed by atoms with van der Waals surface area (Å²) in [7, 11) is 0. The molecular weight excluding hydrogens is 578 g/mol. The van der Waals surface area contributed by atoms with Gasteiger partial charge in [0.05, 0.1) is 12.7 Å². The van der Waals surface area contributed by atoms with Gasteiger partial charge in [0.25, 0.3) is 0 Å². The lowest BCUT2D eigenvalue weighted by molar-refractivity contribution is -0.121. The van der Waals surface area contributed by atoms with Gasteiger partial charge in [-0.2, -0.15) is 0 Å². The lowest BCUT2D eigenvalue weighted by Crippen LogP contribution is -2.36. The molecule has 0 heterocycles. The molecule has 0 fully saturated rings. The van der Waals surface area contributed by atoms with Crippen molar-refractivity contribution in [2.24, 2.45) is 5.92 Å². The average Bonchev–Trinajstić information content (AvgIpc) is 3.07. The molecule has 0 saturated heterocycles. The number of aliphatic hydroxyl groups excluding tert-OH is 2. The zero-order valence-corrected chi connectivity index (χ0v) is 32.1. The van der Waals surface area contributed by atoms with Crippen LogP contribution in [0.3, 0.4) is 0 Å². The summed E-state index contributed by atoms with van der Waals surface area (Å²) in [6.07, 6.45) is 48.0. The molecule has 0 aliphatic carbocycles. The van der Waals surface area contributed by atoms with Crippen LogP contribution in [-0.2, 0) is 4.79 Å². The molecule has 0 aromatic carbocycles. The molecule has 1 amide bonds. The summed E-state index contributed by atoms with van der Waals surface area (Å²) in [6.45, 7) is 4.77. The highest BCUT2D eigenvalue weighted by atomic mass is 16.3. The third kappa shape index (κ3) is 36.2. The first-order valence-electron chi connectivity index (χ1n) is 21.4. The minimum absolute atomic E-state index is 0.0402. The third-order valence-corrected chi connectivity index (χ3v) is 10.1. The molecule has 0 saturated carbocycles. The maximum absolute atomic E-state index is 12.3. The van der Waals surface area contributed by atoms with E-state index >= 15 is 0 Å². The first-order chi connectivity index (χ1) is 23.2. The van der Waals surface area contributed by atoms with E-state index in [0.29, 0.717) is 13.0 Å². The Kier molecular flexibility index (Phi) is 38.8. The molecule has 0 aliphatic rings. The van der Waals surface area contributed by atoms with Crippen LogP contribution < -0.4 is 5.32 Å². The number of allylic oxidation sites excluding steroid dienone is 1. The lowest BCUT2D eigenvalue weighted by Gasteiger charge is -2.18. The number of carbonyl (C=O) groups excluding carboxylic acids is 1. The normalized spacial score (nSPS) is 13.0. The molecule has 4 heteroatoms. The smallest absolute Gasteiger partial charge is 0.220 e. The van der Waals surface area contributed by atoms with E-state index < -0.39 is 6.10 Å². The maximum atomic E-state index is 12.3. The van der Waals surface area contributed by atoms with Gasteiger partial charge in [0.15, 0.2) is 0 Å². The Morgan fingerprint density at radius 2 is 0.830 bits per heavy atom. The predicted octanol–water partition coefficient (Wildman–Crippen LogP) is 12.9. The van der Waals surface area contributed by atoms with Gasteiger partial charge in [-0.05, 0) is 19.3 Å². The quantitative estimate of drug-likeness (QED) is 0.0453. The monoisotopic (exact) mass is 664 g/mol. The van der Waals surface area contributed by atoms with Crippen molar-refractivity contribution in [1.29, 1.82) is 0 Å². The first-order valence-corrected chi connectivity index (χ1v) is 21.4. The number of aliphatic hydroxyl groups is 2. The van der Waals surface area contributed by atoms with E-state index in [2.05, 4.69) is 19.2 Å². The SMILES string of the molecule is CCCCCCCCCCCCC/C=C/C(O)C(CO)CNC(=O)CCCCCCCCCCCCCCCCCCCCCCC. The van der Waals surface area contributed by atoms with Crippen molar-refractivity contribution in [2.75, 3.05) is 13.2 Å². The number of amides is 1.